The van der Waals surface area contributed by atoms with Gasteiger partial charge in [0.25, 0.3) is 0 Å². The molecule has 2 heterocycles. The SMILES string of the molecule is Cn1nnc(-c2cccc(NC(=O)[C@@H]3N[C@@H](CC(C)(C)C)[C@](C#N)(c4ccc(Cl)cc4F)[C@H]3c3cccc(Cl)c3F)c2)n1. The fraction of sp³-hybridized carbons (Fsp3) is 0.323. The molecule has 1 fully saturated rings. The predicted molar refractivity (Wildman–Crippen MR) is 160 cm³/mol. The smallest absolute Gasteiger partial charge is 0.242 e. The number of benzene rings is 3. The number of carbonyl (C=O) groups is 1. The van der Waals surface area contributed by atoms with Crippen LogP contribution in [0, 0.1) is 28.4 Å². The van der Waals surface area contributed by atoms with E-state index in [9.17, 15) is 10.1 Å². The molecule has 5 rings (SSSR count). The van der Waals surface area contributed by atoms with E-state index in [2.05, 4.69) is 32.1 Å². The van der Waals surface area contributed by atoms with Crippen LogP contribution < -0.4 is 10.6 Å². The summed E-state index contributed by atoms with van der Waals surface area (Å²) in [7, 11) is 1.64. The molecule has 3 aromatic carbocycles. The molecular weight excluding hydrogens is 595 g/mol. The van der Waals surface area contributed by atoms with Gasteiger partial charge in [0.2, 0.25) is 11.7 Å². The molecule has 1 aliphatic rings. The van der Waals surface area contributed by atoms with E-state index in [4.69, 9.17) is 23.2 Å². The number of aryl methyl sites for hydroxylation is 1. The van der Waals surface area contributed by atoms with Gasteiger partial charge in [0.15, 0.2) is 0 Å². The zero-order chi connectivity index (χ0) is 31.1. The summed E-state index contributed by atoms with van der Waals surface area (Å²) in [5, 5.41) is 29.2. The van der Waals surface area contributed by atoms with Gasteiger partial charge in [-0.3, -0.25) is 4.79 Å². The molecule has 0 aliphatic carbocycles. The van der Waals surface area contributed by atoms with Crippen molar-refractivity contribution in [2.45, 2.75) is 50.6 Å². The first kappa shape index (κ1) is 30.5. The lowest BCUT2D eigenvalue weighted by Crippen LogP contribution is -2.45. The van der Waals surface area contributed by atoms with Crippen LogP contribution in [0.25, 0.3) is 11.4 Å². The average molecular weight is 625 g/mol. The fourth-order valence-corrected chi connectivity index (χ4v) is 6.25. The van der Waals surface area contributed by atoms with Crippen molar-refractivity contribution in [1.29, 1.82) is 5.26 Å². The molecule has 1 aromatic heterocycles. The van der Waals surface area contributed by atoms with Gasteiger partial charge in [0.1, 0.15) is 17.0 Å². The Morgan fingerprint density at radius 1 is 1.14 bits per heavy atom. The fourth-order valence-electron chi connectivity index (χ4n) is 5.91. The number of nitrogens with one attached hydrogen (secondary N) is 2. The molecule has 2 N–H and O–H groups in total. The molecule has 0 radical (unpaired) electrons. The number of aromatic nitrogens is 4. The van der Waals surface area contributed by atoms with E-state index < -0.39 is 41.0 Å². The van der Waals surface area contributed by atoms with Crippen LogP contribution in [0.15, 0.2) is 60.7 Å². The van der Waals surface area contributed by atoms with Crippen LogP contribution in [0.2, 0.25) is 10.0 Å². The Labute approximate surface area is 258 Å². The lowest BCUT2D eigenvalue weighted by molar-refractivity contribution is -0.118. The molecule has 8 nitrogen and oxygen atoms in total. The largest absolute Gasteiger partial charge is 0.325 e. The van der Waals surface area contributed by atoms with Gasteiger partial charge in [-0.2, -0.15) is 10.1 Å². The van der Waals surface area contributed by atoms with Crippen molar-refractivity contribution in [1.82, 2.24) is 25.5 Å². The molecule has 1 saturated heterocycles. The number of nitriles is 1. The molecule has 1 aliphatic heterocycles. The van der Waals surface area contributed by atoms with Gasteiger partial charge in [0.05, 0.1) is 24.2 Å². The Hall–Kier alpha value is -3.91. The topological polar surface area (TPSA) is 109 Å². The van der Waals surface area contributed by atoms with Crippen LogP contribution >= 0.6 is 23.2 Å². The van der Waals surface area contributed by atoms with Crippen LogP contribution in [-0.4, -0.2) is 38.2 Å². The molecular formula is C31H29Cl2F2N7O. The molecule has 4 atom stereocenters. The van der Waals surface area contributed by atoms with Crippen molar-refractivity contribution in [2.24, 2.45) is 12.5 Å². The number of tetrazole rings is 1. The second-order valence-electron chi connectivity index (χ2n) is 11.9. The van der Waals surface area contributed by atoms with E-state index in [0.717, 1.165) is 6.07 Å². The lowest BCUT2D eigenvalue weighted by atomic mass is 9.62. The Kier molecular flexibility index (Phi) is 8.27. The van der Waals surface area contributed by atoms with Crippen molar-refractivity contribution in [3.63, 3.8) is 0 Å². The minimum Gasteiger partial charge on any atom is -0.325 e. The molecule has 0 bridgehead atoms. The quantitative estimate of drug-likeness (QED) is 0.256. The maximum Gasteiger partial charge on any atom is 0.242 e. The summed E-state index contributed by atoms with van der Waals surface area (Å²) in [6.45, 7) is 5.93. The summed E-state index contributed by atoms with van der Waals surface area (Å²) in [6, 6.07) is 15.7. The second kappa shape index (κ2) is 11.6. The summed E-state index contributed by atoms with van der Waals surface area (Å²) >= 11 is 12.3. The molecule has 43 heavy (non-hydrogen) atoms. The maximum absolute atomic E-state index is 15.8. The minimum absolute atomic E-state index is 0.0107. The minimum atomic E-state index is -1.72. The first-order valence-corrected chi connectivity index (χ1v) is 14.3. The molecule has 0 saturated carbocycles. The van der Waals surface area contributed by atoms with E-state index in [1.54, 1.807) is 37.4 Å². The van der Waals surface area contributed by atoms with Gasteiger partial charge in [0, 0.05) is 33.8 Å². The third-order valence-corrected chi connectivity index (χ3v) is 8.16. The predicted octanol–water partition coefficient (Wildman–Crippen LogP) is 6.42. The van der Waals surface area contributed by atoms with Crippen molar-refractivity contribution >= 4 is 34.8 Å². The van der Waals surface area contributed by atoms with Gasteiger partial charge in [-0.05, 0) is 52.9 Å². The average Bonchev–Trinajstić information content (AvgIpc) is 3.51. The Morgan fingerprint density at radius 2 is 1.88 bits per heavy atom. The van der Waals surface area contributed by atoms with Crippen molar-refractivity contribution in [3.8, 4) is 17.5 Å². The summed E-state index contributed by atoms with van der Waals surface area (Å²) in [6.07, 6.45) is 0.360. The van der Waals surface area contributed by atoms with Crippen LogP contribution in [-0.2, 0) is 17.3 Å². The Morgan fingerprint density at radius 3 is 2.53 bits per heavy atom. The number of hydrogen-bond donors (Lipinski definition) is 2. The van der Waals surface area contributed by atoms with Gasteiger partial charge in [-0.25, -0.2) is 8.78 Å². The lowest BCUT2D eigenvalue weighted by Gasteiger charge is -2.37. The monoisotopic (exact) mass is 623 g/mol. The zero-order valence-electron chi connectivity index (χ0n) is 23.9. The number of halogens is 4. The van der Waals surface area contributed by atoms with E-state index in [-0.39, 0.29) is 26.6 Å². The van der Waals surface area contributed by atoms with Crippen LogP contribution in [0.1, 0.15) is 44.2 Å². The van der Waals surface area contributed by atoms with E-state index in [0.29, 0.717) is 23.5 Å². The molecule has 0 unspecified atom stereocenters. The highest BCUT2D eigenvalue weighted by Crippen LogP contribution is 2.53. The van der Waals surface area contributed by atoms with E-state index in [1.165, 1.54) is 29.1 Å². The number of nitrogens with zero attached hydrogens (tertiary/aromatic N) is 5. The van der Waals surface area contributed by atoms with Crippen molar-refractivity contribution < 1.29 is 13.6 Å². The van der Waals surface area contributed by atoms with Crippen molar-refractivity contribution in [2.75, 3.05) is 5.32 Å². The Balaban J connectivity index is 1.66. The molecule has 1 amide bonds. The first-order valence-electron chi connectivity index (χ1n) is 13.6. The van der Waals surface area contributed by atoms with Gasteiger partial charge in [-0.15, -0.1) is 10.2 Å². The van der Waals surface area contributed by atoms with Crippen LogP contribution in [0.3, 0.4) is 0 Å². The highest BCUT2D eigenvalue weighted by atomic mass is 35.5. The molecule has 0 spiro atoms. The van der Waals surface area contributed by atoms with Crippen LogP contribution in [0.5, 0.6) is 0 Å². The summed E-state index contributed by atoms with van der Waals surface area (Å²) in [5.74, 6) is -2.87. The highest BCUT2D eigenvalue weighted by Gasteiger charge is 2.61. The summed E-state index contributed by atoms with van der Waals surface area (Å²) in [4.78, 5) is 15.5. The third-order valence-electron chi connectivity index (χ3n) is 7.63. The molecule has 222 valence electrons. The third kappa shape index (κ3) is 5.85. The first-order chi connectivity index (χ1) is 20.3. The van der Waals surface area contributed by atoms with Gasteiger partial charge >= 0.3 is 0 Å². The van der Waals surface area contributed by atoms with Gasteiger partial charge in [-0.1, -0.05) is 74.3 Å². The number of amides is 1. The number of anilines is 1. The van der Waals surface area contributed by atoms with Crippen LogP contribution in [0.4, 0.5) is 14.5 Å². The van der Waals surface area contributed by atoms with E-state index in [1.807, 2.05) is 20.8 Å². The van der Waals surface area contributed by atoms with E-state index >= 15 is 8.78 Å². The molecule has 12 heteroatoms. The highest BCUT2D eigenvalue weighted by molar-refractivity contribution is 6.31. The number of rotatable bonds is 6. The summed E-state index contributed by atoms with van der Waals surface area (Å²) < 4.78 is 31.6. The zero-order valence-corrected chi connectivity index (χ0v) is 25.4. The summed E-state index contributed by atoms with van der Waals surface area (Å²) in [5.41, 5.74) is -1.02. The maximum atomic E-state index is 15.8. The molecule has 4 aromatic rings. The Bertz CT molecular complexity index is 1730. The standard InChI is InChI=1S/C31H29Cl2F2N7O/c1-30(2,3)15-24-31(16-36,21-12-11-18(32)14-23(21)34)25(20-9-6-10-22(33)26(20)35)27(38-24)29(43)37-19-8-5-7-17(13-19)28-39-41-42(4)40-28/h5-14,24-25,27,38H,15H2,1-4H3,(H,37,43)/t24-,25-,27+,31-/m0/s1. The second-order valence-corrected chi connectivity index (χ2v) is 12.7. The van der Waals surface area contributed by atoms with Gasteiger partial charge < -0.3 is 10.6 Å². The normalized spacial score (nSPS) is 21.9. The number of hydrogen-bond acceptors (Lipinski definition) is 6. The van der Waals surface area contributed by atoms with Crippen molar-refractivity contribution in [3.05, 3.63) is 93.5 Å². The number of carbonyl (C=O) groups excluding carboxylic acids is 1.